The van der Waals surface area contributed by atoms with Crippen molar-refractivity contribution in [3.63, 3.8) is 0 Å². The summed E-state index contributed by atoms with van der Waals surface area (Å²) >= 11 is 0. The average molecular weight is 443 g/mol. The van der Waals surface area contributed by atoms with Crippen LogP contribution in [0.5, 0.6) is 0 Å². The number of ether oxygens (including phenoxy) is 1. The van der Waals surface area contributed by atoms with Gasteiger partial charge in [-0.05, 0) is 68.9 Å². The molecule has 6 nitrogen and oxygen atoms in total. The van der Waals surface area contributed by atoms with E-state index in [4.69, 9.17) is 9.72 Å². The molecule has 1 N–H and O–H groups in total. The molecule has 1 aliphatic rings. The number of rotatable bonds is 6. The predicted octanol–water partition coefficient (Wildman–Crippen LogP) is 4.61. The molecule has 170 valence electrons. The number of fused-ring (bicyclic) bond motifs is 2. The maximum Gasteiger partial charge on any atom is 0.244 e. The van der Waals surface area contributed by atoms with Crippen molar-refractivity contribution in [2.75, 3.05) is 13.7 Å². The fourth-order valence-electron chi connectivity index (χ4n) is 4.99. The van der Waals surface area contributed by atoms with Crippen LogP contribution in [0, 0.1) is 25.2 Å². The number of methoxy groups -OCH3 is 1. The number of aromatic nitrogens is 2. The van der Waals surface area contributed by atoms with Gasteiger partial charge in [0.2, 0.25) is 5.91 Å². The Hall–Kier alpha value is -3.43. The largest absolute Gasteiger partial charge is 0.383 e. The number of hydrogen-bond donors (Lipinski definition) is 1. The summed E-state index contributed by atoms with van der Waals surface area (Å²) in [6.07, 6.45) is 6.34. The van der Waals surface area contributed by atoms with Crippen molar-refractivity contribution in [1.82, 2.24) is 14.9 Å². The van der Waals surface area contributed by atoms with E-state index in [2.05, 4.69) is 40.2 Å². The van der Waals surface area contributed by atoms with Crippen LogP contribution in [0.2, 0.25) is 0 Å². The molecule has 1 amide bonds. The molecule has 2 heterocycles. The third-order valence-corrected chi connectivity index (χ3v) is 6.28. The second-order valence-corrected chi connectivity index (χ2v) is 8.83. The van der Waals surface area contributed by atoms with E-state index in [9.17, 15) is 10.1 Å². The van der Waals surface area contributed by atoms with Crippen LogP contribution >= 0.6 is 0 Å². The van der Waals surface area contributed by atoms with Crippen LogP contribution in [-0.4, -0.2) is 35.2 Å². The Morgan fingerprint density at radius 2 is 2.18 bits per heavy atom. The zero-order valence-electron chi connectivity index (χ0n) is 19.7. The summed E-state index contributed by atoms with van der Waals surface area (Å²) in [6.45, 7) is 6.32. The summed E-state index contributed by atoms with van der Waals surface area (Å²) in [5, 5.41) is 13.9. The lowest BCUT2D eigenvalue weighted by atomic mass is 9.87. The van der Waals surface area contributed by atoms with E-state index in [1.54, 1.807) is 13.2 Å². The van der Waals surface area contributed by atoms with Gasteiger partial charge >= 0.3 is 0 Å². The first kappa shape index (κ1) is 22.8. The number of benzene rings is 1. The summed E-state index contributed by atoms with van der Waals surface area (Å²) in [6, 6.07) is 12.9. The lowest BCUT2D eigenvalue weighted by molar-refractivity contribution is -0.117. The van der Waals surface area contributed by atoms with Crippen LogP contribution in [0.15, 0.2) is 36.4 Å². The van der Waals surface area contributed by atoms with Gasteiger partial charge in [0.05, 0.1) is 23.9 Å². The first-order chi connectivity index (χ1) is 15.9. The highest BCUT2D eigenvalue weighted by atomic mass is 16.5. The van der Waals surface area contributed by atoms with Gasteiger partial charge in [0.15, 0.2) is 0 Å². The summed E-state index contributed by atoms with van der Waals surface area (Å²) in [4.78, 5) is 17.4. The molecule has 1 unspecified atom stereocenters. The van der Waals surface area contributed by atoms with Crippen LogP contribution in [0.4, 0.5) is 0 Å². The van der Waals surface area contributed by atoms with Crippen LogP contribution in [0.1, 0.15) is 59.4 Å². The Morgan fingerprint density at radius 3 is 2.94 bits per heavy atom. The van der Waals surface area contributed by atoms with E-state index in [0.717, 1.165) is 47.2 Å². The minimum Gasteiger partial charge on any atom is -0.383 e. The van der Waals surface area contributed by atoms with E-state index >= 15 is 0 Å². The number of amides is 1. The Balaban J connectivity index is 1.90. The fourth-order valence-corrected chi connectivity index (χ4v) is 4.99. The molecule has 2 aromatic heterocycles. The number of carbonyl (C=O) groups is 1. The summed E-state index contributed by atoms with van der Waals surface area (Å²) < 4.78 is 7.28. The molecular formula is C27H30N4O2. The lowest BCUT2D eigenvalue weighted by Gasteiger charge is -2.28. The van der Waals surface area contributed by atoms with Crippen LogP contribution in [-0.2, 0) is 16.0 Å². The number of pyridine rings is 1. The van der Waals surface area contributed by atoms with Crippen molar-refractivity contribution in [3.8, 4) is 6.07 Å². The van der Waals surface area contributed by atoms with Crippen molar-refractivity contribution >= 4 is 23.0 Å². The van der Waals surface area contributed by atoms with Crippen molar-refractivity contribution in [2.45, 2.75) is 52.1 Å². The second-order valence-electron chi connectivity index (χ2n) is 8.83. The molecule has 33 heavy (non-hydrogen) atoms. The van der Waals surface area contributed by atoms with Gasteiger partial charge in [0, 0.05) is 30.3 Å². The van der Waals surface area contributed by atoms with E-state index in [-0.39, 0.29) is 18.0 Å². The molecule has 0 bridgehead atoms. The van der Waals surface area contributed by atoms with E-state index in [1.165, 1.54) is 17.2 Å². The highest BCUT2D eigenvalue weighted by Crippen LogP contribution is 2.39. The zero-order valence-corrected chi connectivity index (χ0v) is 19.7. The van der Waals surface area contributed by atoms with Gasteiger partial charge in [-0.2, -0.15) is 5.26 Å². The van der Waals surface area contributed by atoms with Crippen molar-refractivity contribution in [1.29, 1.82) is 5.26 Å². The Labute approximate surface area is 194 Å². The van der Waals surface area contributed by atoms with Gasteiger partial charge in [0.1, 0.15) is 11.7 Å². The molecule has 3 aromatic rings. The monoisotopic (exact) mass is 442 g/mol. The topological polar surface area (TPSA) is 79.9 Å². The molecule has 0 fully saturated rings. The molecule has 1 aliphatic carbocycles. The normalized spacial score (nSPS) is 16.5. The smallest absolute Gasteiger partial charge is 0.244 e. The molecule has 2 atom stereocenters. The summed E-state index contributed by atoms with van der Waals surface area (Å²) in [5.41, 5.74) is 6.62. The standard InChI is InChI=1S/C27H30N4O2/c1-17-14-18(2)30-27-26(17)22(15-28)24(12-13-25(32)29-19(3)16-33-4)31(27)23-11-7-9-20-8-5-6-10-21(20)23/h5-6,8,10,12-14,19,23H,7,9,11,16H2,1-4H3,(H,29,32)/b13-12+/t19?,23-/m0/s1. The maximum absolute atomic E-state index is 12.6. The van der Waals surface area contributed by atoms with Crippen molar-refractivity contribution in [3.05, 3.63) is 70.0 Å². The fraction of sp³-hybridized carbons (Fsp3) is 0.370. The maximum atomic E-state index is 12.6. The van der Waals surface area contributed by atoms with Crippen molar-refractivity contribution in [2.24, 2.45) is 0 Å². The number of nitrogens with one attached hydrogen (secondary N) is 1. The lowest BCUT2D eigenvalue weighted by Crippen LogP contribution is -2.34. The quantitative estimate of drug-likeness (QED) is 0.565. The molecule has 1 aromatic carbocycles. The molecule has 0 spiro atoms. The number of nitrogens with zero attached hydrogens (tertiary/aromatic N) is 3. The minimum absolute atomic E-state index is 0.0587. The Bertz CT molecular complexity index is 1270. The zero-order chi connectivity index (χ0) is 23.5. The molecule has 4 rings (SSSR count). The number of hydrogen-bond acceptors (Lipinski definition) is 4. The third kappa shape index (κ3) is 4.42. The van der Waals surface area contributed by atoms with E-state index in [0.29, 0.717) is 12.2 Å². The van der Waals surface area contributed by atoms with E-state index < -0.39 is 0 Å². The van der Waals surface area contributed by atoms with Gasteiger partial charge in [0.25, 0.3) is 0 Å². The van der Waals surface area contributed by atoms with Gasteiger partial charge < -0.3 is 14.6 Å². The van der Waals surface area contributed by atoms with Gasteiger partial charge in [-0.15, -0.1) is 0 Å². The number of nitriles is 1. The molecular weight excluding hydrogens is 412 g/mol. The van der Waals surface area contributed by atoms with Gasteiger partial charge in [-0.25, -0.2) is 4.98 Å². The predicted molar refractivity (Wildman–Crippen MR) is 130 cm³/mol. The summed E-state index contributed by atoms with van der Waals surface area (Å²) in [7, 11) is 1.61. The van der Waals surface area contributed by atoms with Gasteiger partial charge in [-0.3, -0.25) is 4.79 Å². The highest BCUT2D eigenvalue weighted by Gasteiger charge is 2.28. The first-order valence-corrected chi connectivity index (χ1v) is 11.4. The third-order valence-electron chi connectivity index (χ3n) is 6.28. The molecule has 6 heteroatoms. The average Bonchev–Trinajstić information content (AvgIpc) is 3.10. The Kier molecular flexibility index (Phi) is 6.62. The van der Waals surface area contributed by atoms with Crippen LogP contribution < -0.4 is 5.32 Å². The molecule has 0 saturated carbocycles. The highest BCUT2D eigenvalue weighted by molar-refractivity contribution is 5.96. The molecule has 0 aliphatic heterocycles. The first-order valence-electron chi connectivity index (χ1n) is 11.4. The summed E-state index contributed by atoms with van der Waals surface area (Å²) in [5.74, 6) is -0.217. The van der Waals surface area contributed by atoms with Crippen LogP contribution in [0.25, 0.3) is 17.1 Å². The molecule has 0 saturated heterocycles. The SMILES string of the molecule is COCC(C)NC(=O)/C=C/c1c(C#N)c2c(C)cc(C)nc2n1[C@H]1CCCc2ccccc21. The number of aryl methyl sites for hydroxylation is 3. The second kappa shape index (κ2) is 9.60. The van der Waals surface area contributed by atoms with Crippen LogP contribution in [0.3, 0.4) is 0 Å². The molecule has 0 radical (unpaired) electrons. The minimum atomic E-state index is -0.217. The van der Waals surface area contributed by atoms with Gasteiger partial charge in [-0.1, -0.05) is 24.3 Å². The van der Waals surface area contributed by atoms with Crippen molar-refractivity contribution < 1.29 is 9.53 Å². The van der Waals surface area contributed by atoms with E-state index in [1.807, 2.05) is 26.8 Å². The number of carbonyl (C=O) groups excluding carboxylic acids is 1. The Morgan fingerprint density at radius 1 is 1.39 bits per heavy atom.